The largest absolute Gasteiger partial charge is 0.329 e. The first kappa shape index (κ1) is 15.6. The van der Waals surface area contributed by atoms with Crippen LogP contribution in [0.3, 0.4) is 0 Å². The van der Waals surface area contributed by atoms with E-state index in [0.29, 0.717) is 16.7 Å². The fourth-order valence-corrected chi connectivity index (χ4v) is 3.75. The van der Waals surface area contributed by atoms with Crippen LogP contribution in [0.2, 0.25) is 0 Å². The molecule has 0 amide bonds. The molecule has 2 aromatic heterocycles. The standard InChI is InChI=1S/C17H19N3O2S/c1-12(2)20-11-16(15-5-4-10-18-17(15)20)23(21,22)19-14-8-6-13(3)7-9-14/h4-12,19H,1-3H3. The Hall–Kier alpha value is -2.34. The summed E-state index contributed by atoms with van der Waals surface area (Å²) in [5, 5.41) is 0.626. The average molecular weight is 329 g/mol. The van der Waals surface area contributed by atoms with Gasteiger partial charge in [-0.2, -0.15) is 0 Å². The predicted octanol–water partition coefficient (Wildman–Crippen LogP) is 3.73. The van der Waals surface area contributed by atoms with Gasteiger partial charge in [-0.15, -0.1) is 0 Å². The van der Waals surface area contributed by atoms with Crippen molar-refractivity contribution < 1.29 is 8.42 Å². The quantitative estimate of drug-likeness (QED) is 0.793. The van der Waals surface area contributed by atoms with Crippen molar-refractivity contribution in [1.29, 1.82) is 0 Å². The third-order valence-corrected chi connectivity index (χ3v) is 5.11. The molecule has 23 heavy (non-hydrogen) atoms. The lowest BCUT2D eigenvalue weighted by molar-refractivity contribution is 0.596. The van der Waals surface area contributed by atoms with E-state index in [9.17, 15) is 8.42 Å². The van der Waals surface area contributed by atoms with E-state index in [2.05, 4.69) is 9.71 Å². The molecule has 0 saturated heterocycles. The third-order valence-electron chi connectivity index (χ3n) is 3.70. The second-order valence-electron chi connectivity index (χ2n) is 5.84. The molecule has 3 rings (SSSR count). The van der Waals surface area contributed by atoms with E-state index < -0.39 is 10.0 Å². The van der Waals surface area contributed by atoms with Crippen LogP contribution in [0.25, 0.3) is 11.0 Å². The fourth-order valence-electron chi connectivity index (χ4n) is 2.49. The molecule has 1 N–H and O–H groups in total. The van der Waals surface area contributed by atoms with Crippen molar-refractivity contribution in [3.63, 3.8) is 0 Å². The summed E-state index contributed by atoms with van der Waals surface area (Å²) in [5.41, 5.74) is 2.30. The first-order valence-corrected chi connectivity index (χ1v) is 8.92. The van der Waals surface area contributed by atoms with Crippen LogP contribution in [0.15, 0.2) is 53.7 Å². The van der Waals surface area contributed by atoms with Crippen LogP contribution >= 0.6 is 0 Å². The zero-order valence-corrected chi connectivity index (χ0v) is 14.1. The summed E-state index contributed by atoms with van der Waals surface area (Å²) in [6.07, 6.45) is 3.32. The first-order valence-electron chi connectivity index (χ1n) is 7.43. The Balaban J connectivity index is 2.09. The van der Waals surface area contributed by atoms with Crippen LogP contribution in [0, 0.1) is 6.92 Å². The highest BCUT2D eigenvalue weighted by molar-refractivity contribution is 7.93. The number of sulfonamides is 1. The Labute approximate surface area is 136 Å². The maximum absolute atomic E-state index is 12.8. The number of hydrogen-bond acceptors (Lipinski definition) is 3. The van der Waals surface area contributed by atoms with Gasteiger partial charge in [0, 0.05) is 29.5 Å². The van der Waals surface area contributed by atoms with Crippen LogP contribution in [0.4, 0.5) is 5.69 Å². The van der Waals surface area contributed by atoms with Crippen molar-refractivity contribution in [1.82, 2.24) is 9.55 Å². The van der Waals surface area contributed by atoms with Crippen molar-refractivity contribution in [3.05, 3.63) is 54.4 Å². The minimum Gasteiger partial charge on any atom is -0.329 e. The Kier molecular flexibility index (Phi) is 3.85. The zero-order chi connectivity index (χ0) is 16.6. The van der Waals surface area contributed by atoms with E-state index in [-0.39, 0.29) is 10.9 Å². The summed E-state index contributed by atoms with van der Waals surface area (Å²) >= 11 is 0. The molecule has 6 heteroatoms. The van der Waals surface area contributed by atoms with Gasteiger partial charge in [-0.3, -0.25) is 4.72 Å². The zero-order valence-electron chi connectivity index (χ0n) is 13.3. The van der Waals surface area contributed by atoms with Gasteiger partial charge in [0.15, 0.2) is 0 Å². The number of pyridine rings is 1. The van der Waals surface area contributed by atoms with Gasteiger partial charge in [-0.05, 0) is 45.0 Å². The van der Waals surface area contributed by atoms with Gasteiger partial charge in [-0.1, -0.05) is 17.7 Å². The molecule has 5 nitrogen and oxygen atoms in total. The van der Waals surface area contributed by atoms with E-state index >= 15 is 0 Å². The molecule has 0 spiro atoms. The minimum atomic E-state index is -3.68. The number of aryl methyl sites for hydroxylation is 1. The fraction of sp³-hybridized carbons (Fsp3) is 0.235. The number of fused-ring (bicyclic) bond motifs is 1. The monoisotopic (exact) mass is 329 g/mol. The Bertz CT molecular complexity index is 942. The smallest absolute Gasteiger partial charge is 0.264 e. The van der Waals surface area contributed by atoms with Crippen LogP contribution in [-0.4, -0.2) is 18.0 Å². The van der Waals surface area contributed by atoms with Gasteiger partial charge in [0.05, 0.1) is 0 Å². The number of benzene rings is 1. The van der Waals surface area contributed by atoms with E-state index in [1.807, 2.05) is 37.5 Å². The molecule has 0 aliphatic rings. The number of hydrogen-bond donors (Lipinski definition) is 1. The molecular formula is C17H19N3O2S. The lowest BCUT2D eigenvalue weighted by atomic mass is 10.2. The third kappa shape index (κ3) is 2.94. The van der Waals surface area contributed by atoms with E-state index in [4.69, 9.17) is 0 Å². The van der Waals surface area contributed by atoms with Gasteiger partial charge >= 0.3 is 0 Å². The van der Waals surface area contributed by atoms with E-state index in [1.165, 1.54) is 0 Å². The van der Waals surface area contributed by atoms with Crippen LogP contribution in [0.5, 0.6) is 0 Å². The van der Waals surface area contributed by atoms with Crippen LogP contribution in [0.1, 0.15) is 25.5 Å². The van der Waals surface area contributed by atoms with Gasteiger partial charge < -0.3 is 4.57 Å². The highest BCUT2D eigenvalue weighted by Gasteiger charge is 2.22. The molecule has 0 bridgehead atoms. The summed E-state index contributed by atoms with van der Waals surface area (Å²) in [6, 6.07) is 10.9. The molecule has 3 aromatic rings. The predicted molar refractivity (Wildman–Crippen MR) is 92.1 cm³/mol. The molecule has 0 aliphatic heterocycles. The van der Waals surface area contributed by atoms with Crippen molar-refractivity contribution in [3.8, 4) is 0 Å². The Morgan fingerprint density at radius 2 is 1.83 bits per heavy atom. The van der Waals surface area contributed by atoms with Gasteiger partial charge in [0.2, 0.25) is 0 Å². The number of aromatic nitrogens is 2. The normalized spacial score (nSPS) is 12.0. The van der Waals surface area contributed by atoms with Gasteiger partial charge in [-0.25, -0.2) is 13.4 Å². The molecule has 2 heterocycles. The molecule has 0 saturated carbocycles. The summed E-state index contributed by atoms with van der Waals surface area (Å²) in [4.78, 5) is 4.57. The minimum absolute atomic E-state index is 0.121. The summed E-state index contributed by atoms with van der Waals surface area (Å²) in [7, 11) is -3.68. The number of nitrogens with zero attached hydrogens (tertiary/aromatic N) is 2. The Morgan fingerprint density at radius 3 is 2.48 bits per heavy atom. The molecular weight excluding hydrogens is 310 g/mol. The number of rotatable bonds is 4. The first-order chi connectivity index (χ1) is 10.9. The Morgan fingerprint density at radius 1 is 1.13 bits per heavy atom. The topological polar surface area (TPSA) is 64.0 Å². The summed E-state index contributed by atoms with van der Waals surface area (Å²) in [5.74, 6) is 0. The second-order valence-corrected chi connectivity index (χ2v) is 7.49. The van der Waals surface area contributed by atoms with Gasteiger partial charge in [0.25, 0.3) is 10.0 Å². The van der Waals surface area contributed by atoms with Crippen LogP contribution in [-0.2, 0) is 10.0 Å². The van der Waals surface area contributed by atoms with Crippen molar-refractivity contribution in [2.24, 2.45) is 0 Å². The molecule has 0 unspecified atom stereocenters. The lowest BCUT2D eigenvalue weighted by Crippen LogP contribution is -2.12. The molecule has 0 atom stereocenters. The summed E-state index contributed by atoms with van der Waals surface area (Å²) in [6.45, 7) is 5.95. The van der Waals surface area contributed by atoms with E-state index in [1.54, 1.807) is 36.7 Å². The maximum atomic E-state index is 12.8. The average Bonchev–Trinajstić information content (AvgIpc) is 2.90. The molecule has 120 valence electrons. The molecule has 0 aliphatic carbocycles. The lowest BCUT2D eigenvalue weighted by Gasteiger charge is -2.08. The van der Waals surface area contributed by atoms with Crippen molar-refractivity contribution in [2.75, 3.05) is 4.72 Å². The van der Waals surface area contributed by atoms with Crippen molar-refractivity contribution >= 4 is 26.7 Å². The molecule has 0 radical (unpaired) electrons. The van der Waals surface area contributed by atoms with Gasteiger partial charge in [0.1, 0.15) is 10.5 Å². The molecule has 1 aromatic carbocycles. The maximum Gasteiger partial charge on any atom is 0.264 e. The highest BCUT2D eigenvalue weighted by atomic mass is 32.2. The van der Waals surface area contributed by atoms with E-state index in [0.717, 1.165) is 5.56 Å². The van der Waals surface area contributed by atoms with Crippen LogP contribution < -0.4 is 4.72 Å². The number of nitrogens with one attached hydrogen (secondary N) is 1. The highest BCUT2D eigenvalue weighted by Crippen LogP contribution is 2.28. The second kappa shape index (κ2) is 5.70. The number of anilines is 1. The summed E-state index contributed by atoms with van der Waals surface area (Å²) < 4.78 is 30.1. The van der Waals surface area contributed by atoms with Crippen molar-refractivity contribution in [2.45, 2.75) is 31.7 Å². The SMILES string of the molecule is Cc1ccc(NS(=O)(=O)c2cn(C(C)C)c3ncccc23)cc1. The molecule has 0 fully saturated rings.